The number of amides is 1. The number of ketones is 1. The normalized spacial score (nSPS) is 44.2. The van der Waals surface area contributed by atoms with Gasteiger partial charge in [0.25, 0.3) is 0 Å². The molecule has 5 aliphatic rings. The van der Waals surface area contributed by atoms with Crippen LogP contribution in [0.1, 0.15) is 113 Å². The number of carbonyl (C=O) groups excluding carboxylic acids is 3. The van der Waals surface area contributed by atoms with Crippen molar-refractivity contribution in [1.82, 2.24) is 0 Å². The molecule has 0 radical (unpaired) electrons. The Hall–Kier alpha value is -2.14. The molecule has 240 valence electrons. The lowest BCUT2D eigenvalue weighted by Crippen LogP contribution is -2.66. The molecule has 5 nitrogen and oxygen atoms in total. The van der Waals surface area contributed by atoms with Gasteiger partial charge in [-0.25, -0.2) is 0 Å². The number of esters is 1. The minimum atomic E-state index is -0.550. The summed E-state index contributed by atoms with van der Waals surface area (Å²) >= 11 is 6.42. The molecule has 0 saturated heterocycles. The quantitative estimate of drug-likeness (QED) is 0.342. The highest BCUT2D eigenvalue weighted by atomic mass is 35.5. The average molecular weight is 622 g/mol. The van der Waals surface area contributed by atoms with Crippen LogP contribution in [0.15, 0.2) is 35.9 Å². The summed E-state index contributed by atoms with van der Waals surface area (Å²) in [4.78, 5) is 40.5. The van der Waals surface area contributed by atoms with Gasteiger partial charge in [0, 0.05) is 23.7 Å². The number of para-hydroxylation sites is 1. The molecule has 9 atom stereocenters. The van der Waals surface area contributed by atoms with Crippen molar-refractivity contribution < 1.29 is 19.1 Å². The Kier molecular flexibility index (Phi) is 7.36. The van der Waals surface area contributed by atoms with E-state index in [4.69, 9.17) is 16.3 Å². The minimum absolute atomic E-state index is 0.0199. The molecule has 0 bridgehead atoms. The maximum atomic E-state index is 14.7. The molecule has 0 spiro atoms. The van der Waals surface area contributed by atoms with Gasteiger partial charge in [0.15, 0.2) is 5.78 Å². The first-order valence-corrected chi connectivity index (χ1v) is 17.3. The fourth-order valence-corrected chi connectivity index (χ4v) is 11.8. The predicted molar refractivity (Wildman–Crippen MR) is 175 cm³/mol. The number of ether oxygens (including phenoxy) is 1. The van der Waals surface area contributed by atoms with E-state index in [1.807, 2.05) is 18.2 Å². The van der Waals surface area contributed by atoms with E-state index in [0.717, 1.165) is 57.8 Å². The summed E-state index contributed by atoms with van der Waals surface area (Å²) < 4.78 is 5.87. The number of fused-ring (bicyclic) bond motifs is 7. The molecule has 0 unspecified atom stereocenters. The van der Waals surface area contributed by atoms with Crippen LogP contribution in [-0.2, 0) is 19.1 Å². The number of allylic oxidation sites excluding steroid dienone is 2. The summed E-state index contributed by atoms with van der Waals surface area (Å²) in [5.41, 5.74) is 0.845. The van der Waals surface area contributed by atoms with Gasteiger partial charge in [-0.3, -0.25) is 14.4 Å². The molecule has 44 heavy (non-hydrogen) atoms. The van der Waals surface area contributed by atoms with Gasteiger partial charge in [-0.15, -0.1) is 0 Å². The monoisotopic (exact) mass is 621 g/mol. The Bertz CT molecular complexity index is 1430. The van der Waals surface area contributed by atoms with Crippen LogP contribution in [0.5, 0.6) is 0 Å². The summed E-state index contributed by atoms with van der Waals surface area (Å²) in [5, 5.41) is 3.69. The van der Waals surface area contributed by atoms with Crippen molar-refractivity contribution in [3.8, 4) is 0 Å². The van der Waals surface area contributed by atoms with E-state index in [-0.39, 0.29) is 62.7 Å². The summed E-state index contributed by atoms with van der Waals surface area (Å²) in [6.07, 6.45) is 10.4. The smallest absolute Gasteiger partial charge is 0.302 e. The van der Waals surface area contributed by atoms with Crippen LogP contribution in [-0.4, -0.2) is 23.8 Å². The third-order valence-corrected chi connectivity index (χ3v) is 14.8. The van der Waals surface area contributed by atoms with Crippen LogP contribution in [0.2, 0.25) is 5.02 Å². The Morgan fingerprint density at radius 3 is 2.27 bits per heavy atom. The number of hydrogen-bond donors (Lipinski definition) is 1. The number of carbonyl (C=O) groups is 3. The largest absolute Gasteiger partial charge is 0.462 e. The molecule has 5 aliphatic carbocycles. The third kappa shape index (κ3) is 4.41. The second-order valence-electron chi connectivity index (χ2n) is 17.1. The van der Waals surface area contributed by atoms with Crippen molar-refractivity contribution in [2.45, 2.75) is 119 Å². The van der Waals surface area contributed by atoms with Crippen LogP contribution < -0.4 is 5.32 Å². The average Bonchev–Trinajstić information content (AvgIpc) is 2.93. The third-order valence-electron chi connectivity index (χ3n) is 14.5. The highest BCUT2D eigenvalue weighted by molar-refractivity contribution is 6.33. The number of rotatable bonds is 3. The van der Waals surface area contributed by atoms with Gasteiger partial charge in [-0.2, -0.15) is 0 Å². The minimum Gasteiger partial charge on any atom is -0.462 e. The van der Waals surface area contributed by atoms with Gasteiger partial charge >= 0.3 is 5.97 Å². The van der Waals surface area contributed by atoms with Gasteiger partial charge in [0.1, 0.15) is 6.10 Å². The van der Waals surface area contributed by atoms with Gasteiger partial charge in [0.2, 0.25) is 5.91 Å². The molecular formula is C38H52ClNO4. The first-order valence-electron chi connectivity index (χ1n) is 16.9. The highest BCUT2D eigenvalue weighted by Crippen LogP contribution is 2.75. The second-order valence-corrected chi connectivity index (χ2v) is 17.6. The fourth-order valence-electron chi connectivity index (χ4n) is 11.6. The fraction of sp³-hybridized carbons (Fsp3) is 0.711. The molecule has 1 aromatic rings. The van der Waals surface area contributed by atoms with E-state index in [1.165, 1.54) is 12.5 Å². The summed E-state index contributed by atoms with van der Waals surface area (Å²) in [7, 11) is 0. The predicted octanol–water partition coefficient (Wildman–Crippen LogP) is 9.19. The van der Waals surface area contributed by atoms with Crippen LogP contribution in [0.4, 0.5) is 5.69 Å². The second kappa shape index (κ2) is 10.2. The van der Waals surface area contributed by atoms with Crippen LogP contribution in [0.25, 0.3) is 0 Å². The van der Waals surface area contributed by atoms with Gasteiger partial charge in [0.05, 0.1) is 10.7 Å². The highest BCUT2D eigenvalue weighted by Gasteiger charge is 2.70. The Balaban J connectivity index is 1.35. The van der Waals surface area contributed by atoms with Crippen molar-refractivity contribution in [3.05, 3.63) is 40.9 Å². The lowest BCUT2D eigenvalue weighted by molar-refractivity contribution is -0.210. The van der Waals surface area contributed by atoms with Gasteiger partial charge in [-0.05, 0) is 109 Å². The molecule has 0 aliphatic heterocycles. The van der Waals surface area contributed by atoms with Crippen molar-refractivity contribution in [3.63, 3.8) is 0 Å². The molecular weight excluding hydrogens is 570 g/mol. The SMILES string of the molecule is CC(=O)O[C@@H]1CC[C@@]2(C)[C@H](CC[C@]3(C)[C@@H]2C(=O)C=C2[C@H]4C[C@@](C)(C(=O)Nc5ccccc5Cl)CC[C@]4(C)CC[C@@]23C)C1(C)C. The molecule has 6 heteroatoms. The maximum absolute atomic E-state index is 14.7. The maximum Gasteiger partial charge on any atom is 0.302 e. The molecule has 1 aromatic carbocycles. The lowest BCUT2D eigenvalue weighted by atomic mass is 9.33. The number of benzene rings is 1. The molecule has 0 aromatic heterocycles. The van der Waals surface area contributed by atoms with E-state index in [1.54, 1.807) is 6.07 Å². The van der Waals surface area contributed by atoms with E-state index < -0.39 is 5.41 Å². The molecule has 4 saturated carbocycles. The summed E-state index contributed by atoms with van der Waals surface area (Å²) in [6, 6.07) is 7.42. The standard InChI is InChI=1S/C38H52ClNO4/c1-23(41)44-30-14-15-36(6)29(33(30,2)3)13-16-38(8)31(36)28(42)21-24-25-22-35(5,18-17-34(25,4)19-20-37(24,38)7)32(43)40-27-12-10-9-11-26(27)39/h9-12,21,25,29-31H,13-20,22H2,1-8H3,(H,40,43)/t25-,29-,30-,31-,34-,35+,36+,37+,38-/m1/s1. The van der Waals surface area contributed by atoms with E-state index in [9.17, 15) is 14.4 Å². The molecule has 4 fully saturated rings. The molecule has 1 amide bonds. The van der Waals surface area contributed by atoms with Crippen molar-refractivity contribution in [1.29, 1.82) is 0 Å². The Morgan fingerprint density at radius 1 is 0.909 bits per heavy atom. The Labute approximate surface area is 269 Å². The van der Waals surface area contributed by atoms with E-state index >= 15 is 0 Å². The molecule has 1 N–H and O–H groups in total. The van der Waals surface area contributed by atoms with E-state index in [0.29, 0.717) is 16.6 Å². The van der Waals surface area contributed by atoms with Crippen molar-refractivity contribution in [2.75, 3.05) is 5.32 Å². The number of nitrogens with one attached hydrogen (secondary N) is 1. The zero-order valence-electron chi connectivity index (χ0n) is 28.1. The van der Waals surface area contributed by atoms with Gasteiger partial charge in [-0.1, -0.05) is 77.8 Å². The lowest BCUT2D eigenvalue weighted by Gasteiger charge is -2.70. The van der Waals surface area contributed by atoms with E-state index in [2.05, 4.69) is 59.9 Å². The zero-order valence-corrected chi connectivity index (χ0v) is 28.8. The number of anilines is 1. The van der Waals surface area contributed by atoms with Gasteiger partial charge < -0.3 is 10.1 Å². The molecule has 0 heterocycles. The van der Waals surface area contributed by atoms with Crippen molar-refractivity contribution >= 4 is 34.9 Å². The topological polar surface area (TPSA) is 72.5 Å². The van der Waals surface area contributed by atoms with Crippen LogP contribution in [0.3, 0.4) is 0 Å². The van der Waals surface area contributed by atoms with Crippen LogP contribution in [0, 0.1) is 50.2 Å². The Morgan fingerprint density at radius 2 is 1.59 bits per heavy atom. The van der Waals surface area contributed by atoms with Crippen LogP contribution >= 0.6 is 11.6 Å². The molecule has 6 rings (SSSR count). The summed E-state index contributed by atoms with van der Waals surface area (Å²) in [5.74, 6) is 0.501. The van der Waals surface area contributed by atoms with Crippen molar-refractivity contribution in [2.24, 2.45) is 50.2 Å². The number of halogens is 1. The summed E-state index contributed by atoms with van der Waals surface area (Å²) in [6.45, 7) is 17.8. The first kappa shape index (κ1) is 31.8. The first-order chi connectivity index (χ1) is 20.4. The zero-order chi connectivity index (χ0) is 32.1. The number of hydrogen-bond acceptors (Lipinski definition) is 4.